The Hall–Kier alpha value is -1.11. The molecule has 0 aliphatic rings. The quantitative estimate of drug-likeness (QED) is 0.370. The maximum atomic E-state index is 10.5. The van der Waals surface area contributed by atoms with Crippen molar-refractivity contribution in [1.82, 2.24) is 0 Å². The second-order valence-electron chi connectivity index (χ2n) is 4.17. The summed E-state index contributed by atoms with van der Waals surface area (Å²) in [4.78, 5) is 13.5. The summed E-state index contributed by atoms with van der Waals surface area (Å²) in [6.07, 6.45) is 0.274. The number of nitrogens with zero attached hydrogens (tertiary/aromatic N) is 2. The van der Waals surface area contributed by atoms with Crippen LogP contribution in [-0.2, 0) is 0 Å². The standard InChI is InChI=1S/C8H14N2O2/c1-7(2,9-5)6-8(3,4)10(11)12/h6H2,1-4H3. The summed E-state index contributed by atoms with van der Waals surface area (Å²) in [5.74, 6) is 0. The Morgan fingerprint density at radius 3 is 2.08 bits per heavy atom. The van der Waals surface area contributed by atoms with Crippen molar-refractivity contribution in [3.05, 3.63) is 21.5 Å². The lowest BCUT2D eigenvalue weighted by atomic mass is 9.88. The van der Waals surface area contributed by atoms with E-state index in [2.05, 4.69) is 4.85 Å². The van der Waals surface area contributed by atoms with Crippen LogP contribution in [0.2, 0.25) is 0 Å². The lowest BCUT2D eigenvalue weighted by molar-refractivity contribution is -0.562. The van der Waals surface area contributed by atoms with Gasteiger partial charge in [0.1, 0.15) is 0 Å². The topological polar surface area (TPSA) is 47.5 Å². The van der Waals surface area contributed by atoms with E-state index in [1.165, 1.54) is 0 Å². The summed E-state index contributed by atoms with van der Waals surface area (Å²) in [6, 6.07) is 0. The Balaban J connectivity index is 4.47. The third-order valence-electron chi connectivity index (χ3n) is 1.66. The molecule has 68 valence electrons. The first-order valence-electron chi connectivity index (χ1n) is 3.74. The van der Waals surface area contributed by atoms with Gasteiger partial charge < -0.3 is 4.85 Å². The molecule has 0 amide bonds. The molecule has 0 spiro atoms. The maximum Gasteiger partial charge on any atom is 0.234 e. The van der Waals surface area contributed by atoms with Crippen molar-refractivity contribution in [2.75, 3.05) is 0 Å². The zero-order valence-corrected chi connectivity index (χ0v) is 7.92. The Bertz CT molecular complexity index is 226. The van der Waals surface area contributed by atoms with E-state index in [1.807, 2.05) is 0 Å². The van der Waals surface area contributed by atoms with Crippen molar-refractivity contribution in [3.63, 3.8) is 0 Å². The van der Waals surface area contributed by atoms with Gasteiger partial charge in [0, 0.05) is 32.6 Å². The molecule has 0 aromatic rings. The summed E-state index contributed by atoms with van der Waals surface area (Å²) in [5, 5.41) is 10.5. The highest BCUT2D eigenvalue weighted by atomic mass is 16.6. The molecule has 0 N–H and O–H groups in total. The van der Waals surface area contributed by atoms with Gasteiger partial charge in [-0.25, -0.2) is 6.57 Å². The molecule has 0 rings (SSSR count). The van der Waals surface area contributed by atoms with Crippen LogP contribution in [0.3, 0.4) is 0 Å². The number of rotatable bonds is 3. The molecule has 0 aromatic carbocycles. The molecule has 0 unspecified atom stereocenters. The predicted molar refractivity (Wildman–Crippen MR) is 46.4 cm³/mol. The van der Waals surface area contributed by atoms with Crippen LogP contribution in [-0.4, -0.2) is 16.0 Å². The van der Waals surface area contributed by atoms with Gasteiger partial charge in [-0.15, -0.1) is 0 Å². The second kappa shape index (κ2) is 3.10. The molecule has 4 heteroatoms. The van der Waals surface area contributed by atoms with Gasteiger partial charge in [0.05, 0.1) is 6.42 Å². The van der Waals surface area contributed by atoms with Crippen LogP contribution in [0.25, 0.3) is 4.85 Å². The van der Waals surface area contributed by atoms with Crippen LogP contribution < -0.4 is 0 Å². The average Bonchev–Trinajstić information content (AvgIpc) is 1.85. The highest BCUT2D eigenvalue weighted by Crippen LogP contribution is 2.25. The van der Waals surface area contributed by atoms with Gasteiger partial charge in [-0.3, -0.25) is 10.1 Å². The molecule has 0 bridgehead atoms. The third-order valence-corrected chi connectivity index (χ3v) is 1.66. The monoisotopic (exact) mass is 170 g/mol. The van der Waals surface area contributed by atoms with Crippen LogP contribution in [0.5, 0.6) is 0 Å². The summed E-state index contributed by atoms with van der Waals surface area (Å²) < 4.78 is 0. The Labute approximate surface area is 72.5 Å². The largest absolute Gasteiger partial charge is 0.311 e. The van der Waals surface area contributed by atoms with E-state index in [4.69, 9.17) is 6.57 Å². The van der Waals surface area contributed by atoms with Crippen molar-refractivity contribution in [2.45, 2.75) is 45.2 Å². The molecular weight excluding hydrogens is 156 g/mol. The highest BCUT2D eigenvalue weighted by molar-refractivity contribution is 4.94. The fourth-order valence-electron chi connectivity index (χ4n) is 1.16. The van der Waals surface area contributed by atoms with Crippen LogP contribution in [0.4, 0.5) is 0 Å². The van der Waals surface area contributed by atoms with Gasteiger partial charge in [-0.2, -0.15) is 0 Å². The normalized spacial score (nSPS) is 12.2. The minimum absolute atomic E-state index is 0.274. The predicted octanol–water partition coefficient (Wildman–Crippen LogP) is 2.13. The molecule has 0 saturated heterocycles. The van der Waals surface area contributed by atoms with Crippen LogP contribution >= 0.6 is 0 Å². The Morgan fingerprint density at radius 2 is 1.83 bits per heavy atom. The van der Waals surface area contributed by atoms with Crippen LogP contribution in [0.1, 0.15) is 34.1 Å². The number of hydrogen-bond acceptors (Lipinski definition) is 2. The van der Waals surface area contributed by atoms with E-state index in [9.17, 15) is 10.1 Å². The van der Waals surface area contributed by atoms with Gasteiger partial charge in [0.15, 0.2) is 0 Å². The molecule has 0 aliphatic heterocycles. The first-order chi connectivity index (χ1) is 5.21. The van der Waals surface area contributed by atoms with Gasteiger partial charge in [0.25, 0.3) is 0 Å². The summed E-state index contributed by atoms with van der Waals surface area (Å²) in [6.45, 7) is 13.3. The SMILES string of the molecule is [C-]#[N+]C(C)(C)CC(C)(C)[N+](=O)[O-]. The molecule has 0 aromatic heterocycles. The molecule has 4 nitrogen and oxygen atoms in total. The lowest BCUT2D eigenvalue weighted by Crippen LogP contribution is -2.37. The van der Waals surface area contributed by atoms with E-state index >= 15 is 0 Å². The first kappa shape index (κ1) is 10.9. The van der Waals surface area contributed by atoms with Crippen molar-refractivity contribution >= 4 is 0 Å². The Kier molecular flexibility index (Phi) is 2.81. The van der Waals surface area contributed by atoms with Crippen LogP contribution in [0.15, 0.2) is 0 Å². The van der Waals surface area contributed by atoms with Gasteiger partial charge >= 0.3 is 0 Å². The van der Waals surface area contributed by atoms with E-state index in [1.54, 1.807) is 27.7 Å². The molecule has 12 heavy (non-hydrogen) atoms. The molecule has 0 atom stereocenters. The van der Waals surface area contributed by atoms with Gasteiger partial charge in [0.2, 0.25) is 11.1 Å². The zero-order valence-electron chi connectivity index (χ0n) is 7.92. The van der Waals surface area contributed by atoms with Gasteiger partial charge in [-0.1, -0.05) is 0 Å². The average molecular weight is 170 g/mol. The summed E-state index contributed by atoms with van der Waals surface area (Å²) in [7, 11) is 0. The van der Waals surface area contributed by atoms with Crippen molar-refractivity contribution in [3.8, 4) is 0 Å². The van der Waals surface area contributed by atoms with E-state index in [-0.39, 0.29) is 11.3 Å². The molecule has 0 saturated carbocycles. The van der Waals surface area contributed by atoms with Gasteiger partial charge in [-0.05, 0) is 0 Å². The number of nitro groups is 1. The smallest absolute Gasteiger partial charge is 0.234 e. The summed E-state index contributed by atoms with van der Waals surface area (Å²) >= 11 is 0. The van der Waals surface area contributed by atoms with E-state index in [0.29, 0.717) is 0 Å². The Morgan fingerprint density at radius 1 is 1.42 bits per heavy atom. The second-order valence-corrected chi connectivity index (χ2v) is 4.17. The minimum atomic E-state index is -1.01. The zero-order chi connectivity index (χ0) is 9.99. The molecule has 0 heterocycles. The maximum absolute atomic E-state index is 10.5. The van der Waals surface area contributed by atoms with E-state index < -0.39 is 11.1 Å². The molecular formula is C8H14N2O2. The van der Waals surface area contributed by atoms with Crippen molar-refractivity contribution in [1.29, 1.82) is 0 Å². The van der Waals surface area contributed by atoms with Crippen LogP contribution in [0, 0.1) is 16.7 Å². The van der Waals surface area contributed by atoms with Crippen molar-refractivity contribution < 1.29 is 4.92 Å². The number of hydrogen-bond donors (Lipinski definition) is 0. The molecule has 0 fully saturated rings. The fourth-order valence-corrected chi connectivity index (χ4v) is 1.16. The molecule has 0 radical (unpaired) electrons. The lowest BCUT2D eigenvalue weighted by Gasteiger charge is -2.19. The van der Waals surface area contributed by atoms with E-state index in [0.717, 1.165) is 0 Å². The van der Waals surface area contributed by atoms with Crippen molar-refractivity contribution in [2.24, 2.45) is 0 Å². The fraction of sp³-hybridized carbons (Fsp3) is 0.875. The molecule has 0 aliphatic carbocycles. The first-order valence-corrected chi connectivity index (χ1v) is 3.74. The third kappa shape index (κ3) is 2.87. The summed E-state index contributed by atoms with van der Waals surface area (Å²) in [5.41, 5.74) is -1.65. The minimum Gasteiger partial charge on any atom is -0.311 e. The highest BCUT2D eigenvalue weighted by Gasteiger charge is 2.41.